The second-order valence-corrected chi connectivity index (χ2v) is 5.58. The van der Waals surface area contributed by atoms with E-state index in [1.165, 1.54) is 0 Å². The van der Waals surface area contributed by atoms with E-state index in [-0.39, 0.29) is 12.2 Å². The van der Waals surface area contributed by atoms with Crippen molar-refractivity contribution in [3.8, 4) is 23.1 Å². The zero-order valence-corrected chi connectivity index (χ0v) is 14.6. The fraction of sp³-hybridized carbons (Fsp3) is 0.143. The number of fused-ring (bicyclic) bond motifs is 1. The third kappa shape index (κ3) is 3.31. The third-order valence-electron chi connectivity index (χ3n) is 4.01. The summed E-state index contributed by atoms with van der Waals surface area (Å²) in [6, 6.07) is 17.3. The number of hydrogen-bond donors (Lipinski definition) is 1. The number of nitrogens with one attached hydrogen (secondary N) is 1. The number of carbonyl (C=O) groups is 1. The van der Waals surface area contributed by atoms with Gasteiger partial charge in [0, 0.05) is 16.5 Å². The van der Waals surface area contributed by atoms with Gasteiger partial charge in [0.05, 0.1) is 19.4 Å². The molecule has 3 aromatic rings. The van der Waals surface area contributed by atoms with Crippen LogP contribution in [-0.2, 0) is 9.53 Å². The lowest BCUT2D eigenvalue weighted by Gasteiger charge is -2.04. The summed E-state index contributed by atoms with van der Waals surface area (Å²) in [6.45, 7) is 1.92. The van der Waals surface area contributed by atoms with Crippen LogP contribution in [0.1, 0.15) is 12.5 Å². The Morgan fingerprint density at radius 1 is 1.23 bits per heavy atom. The first-order valence-corrected chi connectivity index (χ1v) is 8.22. The molecule has 0 aliphatic rings. The van der Waals surface area contributed by atoms with Gasteiger partial charge < -0.3 is 14.5 Å². The number of methoxy groups -OCH3 is 1. The van der Waals surface area contributed by atoms with Crippen LogP contribution in [0.3, 0.4) is 0 Å². The van der Waals surface area contributed by atoms with E-state index < -0.39 is 5.97 Å². The minimum atomic E-state index is -0.633. The summed E-state index contributed by atoms with van der Waals surface area (Å²) in [5.41, 5.74) is 3.36. The maximum Gasteiger partial charge on any atom is 0.348 e. The Bertz CT molecular complexity index is 1010. The molecule has 0 saturated carbocycles. The average molecular weight is 346 g/mol. The van der Waals surface area contributed by atoms with Gasteiger partial charge in [-0.2, -0.15) is 5.26 Å². The van der Waals surface area contributed by atoms with Crippen molar-refractivity contribution < 1.29 is 14.3 Å². The number of hydrogen-bond acceptors (Lipinski definition) is 4. The molecule has 0 amide bonds. The highest BCUT2D eigenvalue weighted by molar-refractivity contribution is 6.04. The summed E-state index contributed by atoms with van der Waals surface area (Å²) in [4.78, 5) is 15.4. The molecule has 0 bridgehead atoms. The van der Waals surface area contributed by atoms with Crippen molar-refractivity contribution in [3.05, 3.63) is 59.7 Å². The smallest absolute Gasteiger partial charge is 0.348 e. The Kier molecular flexibility index (Phi) is 5.04. The van der Waals surface area contributed by atoms with E-state index in [2.05, 4.69) is 4.98 Å². The minimum absolute atomic E-state index is 0.0484. The maximum absolute atomic E-state index is 12.1. The van der Waals surface area contributed by atoms with Gasteiger partial charge >= 0.3 is 5.97 Å². The van der Waals surface area contributed by atoms with Crippen LogP contribution in [0.25, 0.3) is 28.2 Å². The molecular weight excluding hydrogens is 328 g/mol. The van der Waals surface area contributed by atoms with Crippen LogP contribution in [0.2, 0.25) is 0 Å². The fourth-order valence-corrected chi connectivity index (χ4v) is 2.79. The molecule has 0 saturated heterocycles. The highest BCUT2D eigenvalue weighted by Gasteiger charge is 2.16. The van der Waals surface area contributed by atoms with E-state index in [1.54, 1.807) is 20.1 Å². The first-order valence-electron chi connectivity index (χ1n) is 8.22. The molecule has 1 heterocycles. The number of aromatic nitrogens is 1. The van der Waals surface area contributed by atoms with Crippen LogP contribution in [0.4, 0.5) is 0 Å². The summed E-state index contributed by atoms with van der Waals surface area (Å²) >= 11 is 0. The standard InChI is InChI=1S/C21H18N2O3/c1-3-26-21(24)15(13-22)11-18-17-12-16(25-2)9-10-19(17)23-20(18)14-7-5-4-6-8-14/h4-12,23H,3H2,1-2H3/b15-11+. The maximum atomic E-state index is 12.1. The van der Waals surface area contributed by atoms with Crippen molar-refractivity contribution in [2.45, 2.75) is 6.92 Å². The molecule has 0 atom stereocenters. The summed E-state index contributed by atoms with van der Waals surface area (Å²) in [6.07, 6.45) is 1.57. The highest BCUT2D eigenvalue weighted by atomic mass is 16.5. The Morgan fingerprint density at radius 2 is 2.00 bits per heavy atom. The first-order chi connectivity index (χ1) is 12.7. The van der Waals surface area contributed by atoms with E-state index in [0.717, 1.165) is 27.7 Å². The normalized spacial score (nSPS) is 11.2. The summed E-state index contributed by atoms with van der Waals surface area (Å²) < 4.78 is 10.3. The number of esters is 1. The predicted molar refractivity (Wildman–Crippen MR) is 101 cm³/mol. The van der Waals surface area contributed by atoms with Gasteiger partial charge in [-0.25, -0.2) is 4.79 Å². The van der Waals surface area contributed by atoms with Gasteiger partial charge in [-0.15, -0.1) is 0 Å². The molecule has 0 spiro atoms. The molecule has 130 valence electrons. The van der Waals surface area contributed by atoms with Crippen molar-refractivity contribution in [2.24, 2.45) is 0 Å². The van der Waals surface area contributed by atoms with Gasteiger partial charge in [0.15, 0.2) is 0 Å². The van der Waals surface area contributed by atoms with Gasteiger partial charge in [-0.05, 0) is 36.8 Å². The lowest BCUT2D eigenvalue weighted by atomic mass is 10.0. The van der Waals surface area contributed by atoms with Crippen molar-refractivity contribution >= 4 is 22.9 Å². The molecular formula is C21H18N2O3. The van der Waals surface area contributed by atoms with E-state index in [9.17, 15) is 10.1 Å². The molecule has 26 heavy (non-hydrogen) atoms. The van der Waals surface area contributed by atoms with Crippen LogP contribution >= 0.6 is 0 Å². The molecule has 0 radical (unpaired) electrons. The predicted octanol–water partition coefficient (Wildman–Crippen LogP) is 4.31. The number of rotatable bonds is 5. The molecule has 1 aromatic heterocycles. The first kappa shape index (κ1) is 17.3. The second-order valence-electron chi connectivity index (χ2n) is 5.58. The Balaban J connectivity index is 2.26. The molecule has 0 aliphatic heterocycles. The summed E-state index contributed by atoms with van der Waals surface area (Å²) in [5, 5.41) is 10.3. The van der Waals surface area contributed by atoms with Crippen LogP contribution in [0, 0.1) is 11.3 Å². The molecule has 0 fully saturated rings. The zero-order chi connectivity index (χ0) is 18.5. The fourth-order valence-electron chi connectivity index (χ4n) is 2.79. The molecule has 3 rings (SSSR count). The van der Waals surface area contributed by atoms with Gasteiger partial charge in [0.25, 0.3) is 0 Å². The number of carbonyl (C=O) groups excluding carboxylic acids is 1. The van der Waals surface area contributed by atoms with Crippen LogP contribution < -0.4 is 4.74 Å². The van der Waals surface area contributed by atoms with Crippen LogP contribution in [0.15, 0.2) is 54.1 Å². The Labute approximate surface area is 151 Å². The van der Waals surface area contributed by atoms with Crippen molar-refractivity contribution in [1.82, 2.24) is 4.98 Å². The van der Waals surface area contributed by atoms with Gasteiger partial charge in [-0.3, -0.25) is 0 Å². The number of benzene rings is 2. The van der Waals surface area contributed by atoms with Gasteiger partial charge in [0.1, 0.15) is 17.4 Å². The number of nitrogens with zero attached hydrogens (tertiary/aromatic N) is 1. The minimum Gasteiger partial charge on any atom is -0.497 e. The summed E-state index contributed by atoms with van der Waals surface area (Å²) in [7, 11) is 1.60. The van der Waals surface area contributed by atoms with Crippen molar-refractivity contribution in [3.63, 3.8) is 0 Å². The topological polar surface area (TPSA) is 75.1 Å². The quantitative estimate of drug-likeness (QED) is 0.424. The second kappa shape index (κ2) is 7.58. The lowest BCUT2D eigenvalue weighted by Crippen LogP contribution is -2.06. The van der Waals surface area contributed by atoms with E-state index in [1.807, 2.05) is 54.6 Å². The van der Waals surface area contributed by atoms with E-state index in [4.69, 9.17) is 9.47 Å². The highest BCUT2D eigenvalue weighted by Crippen LogP contribution is 2.34. The van der Waals surface area contributed by atoms with Crippen molar-refractivity contribution in [2.75, 3.05) is 13.7 Å². The third-order valence-corrected chi connectivity index (χ3v) is 4.01. The number of aromatic amines is 1. The van der Waals surface area contributed by atoms with E-state index >= 15 is 0 Å². The molecule has 0 aliphatic carbocycles. The zero-order valence-electron chi connectivity index (χ0n) is 14.6. The average Bonchev–Trinajstić information content (AvgIpc) is 3.04. The molecule has 5 heteroatoms. The molecule has 1 N–H and O–H groups in total. The molecule has 2 aromatic carbocycles. The van der Waals surface area contributed by atoms with Crippen LogP contribution in [-0.4, -0.2) is 24.7 Å². The largest absolute Gasteiger partial charge is 0.497 e. The SMILES string of the molecule is CCOC(=O)/C(C#N)=C/c1c(-c2ccccc2)[nH]c2ccc(OC)cc12. The van der Waals surface area contributed by atoms with E-state index in [0.29, 0.717) is 5.75 Å². The molecule has 0 unspecified atom stereocenters. The number of ether oxygens (including phenoxy) is 2. The van der Waals surface area contributed by atoms with Crippen molar-refractivity contribution in [1.29, 1.82) is 5.26 Å². The monoisotopic (exact) mass is 346 g/mol. The number of H-pyrrole nitrogens is 1. The number of nitriles is 1. The molecule has 5 nitrogen and oxygen atoms in total. The Morgan fingerprint density at radius 3 is 2.65 bits per heavy atom. The van der Waals surface area contributed by atoms with Gasteiger partial charge in [-0.1, -0.05) is 30.3 Å². The van der Waals surface area contributed by atoms with Crippen LogP contribution in [0.5, 0.6) is 5.75 Å². The van der Waals surface area contributed by atoms with Gasteiger partial charge in [0.2, 0.25) is 0 Å². The lowest BCUT2D eigenvalue weighted by molar-refractivity contribution is -0.137. The summed E-state index contributed by atoms with van der Waals surface area (Å²) in [5.74, 6) is 0.0617. The Hall–Kier alpha value is -3.52.